The predicted octanol–water partition coefficient (Wildman–Crippen LogP) is 2.62. The van der Waals surface area contributed by atoms with E-state index in [1.807, 2.05) is 0 Å². The van der Waals surface area contributed by atoms with Crippen LogP contribution in [0.3, 0.4) is 0 Å². The minimum atomic E-state index is -0.517. The number of nitrogens with one attached hydrogen (secondary N) is 3. The molecule has 0 heterocycles. The van der Waals surface area contributed by atoms with Gasteiger partial charge in [0.05, 0.1) is 13.3 Å². The fourth-order valence-corrected chi connectivity index (χ4v) is 2.00. The monoisotopic (exact) mass is 360 g/mol. The van der Waals surface area contributed by atoms with Crippen LogP contribution in [0.25, 0.3) is 0 Å². The van der Waals surface area contributed by atoms with Crippen molar-refractivity contribution in [2.45, 2.75) is 0 Å². The first kappa shape index (κ1) is 18.3. The summed E-state index contributed by atoms with van der Waals surface area (Å²) in [6.07, 6.45) is 1.49. The van der Waals surface area contributed by atoms with Gasteiger partial charge in [0.2, 0.25) is 0 Å². The molecular formula is C17H17ClN4O3. The van der Waals surface area contributed by atoms with Crippen molar-refractivity contribution in [3.05, 3.63) is 59.1 Å². The predicted molar refractivity (Wildman–Crippen MR) is 97.2 cm³/mol. The van der Waals surface area contributed by atoms with Gasteiger partial charge in [0, 0.05) is 10.7 Å². The Balaban J connectivity index is 1.72. The zero-order chi connectivity index (χ0) is 18.1. The third kappa shape index (κ3) is 6.52. The maximum atomic E-state index is 11.7. The van der Waals surface area contributed by atoms with E-state index < -0.39 is 11.9 Å². The molecule has 0 saturated heterocycles. The number of halogens is 1. The molecule has 3 N–H and O–H groups in total. The first-order chi connectivity index (χ1) is 12.1. The van der Waals surface area contributed by atoms with Gasteiger partial charge in [0.15, 0.2) is 0 Å². The molecule has 7 nitrogen and oxygen atoms in total. The molecule has 0 atom stereocenters. The number of anilines is 1. The van der Waals surface area contributed by atoms with Crippen LogP contribution in [0.2, 0.25) is 5.02 Å². The number of carbonyl (C=O) groups is 2. The molecule has 0 aliphatic rings. The molecule has 0 unspecified atom stereocenters. The van der Waals surface area contributed by atoms with Crippen LogP contribution in [0, 0.1) is 0 Å². The highest BCUT2D eigenvalue weighted by atomic mass is 35.5. The van der Waals surface area contributed by atoms with Crippen molar-refractivity contribution < 1.29 is 14.3 Å². The Morgan fingerprint density at radius 1 is 1.20 bits per heavy atom. The number of carbonyl (C=O) groups excluding carboxylic acids is 2. The van der Waals surface area contributed by atoms with Crippen molar-refractivity contribution in [1.82, 2.24) is 10.7 Å². The Labute approximate surface area is 150 Å². The highest BCUT2D eigenvalue weighted by Crippen LogP contribution is 2.14. The molecule has 0 fully saturated rings. The van der Waals surface area contributed by atoms with Crippen molar-refractivity contribution in [3.63, 3.8) is 0 Å². The molecule has 2 aromatic rings. The second-order valence-corrected chi connectivity index (χ2v) is 5.32. The van der Waals surface area contributed by atoms with Crippen LogP contribution in [0.5, 0.6) is 5.75 Å². The number of hydrogen-bond donors (Lipinski definition) is 3. The van der Waals surface area contributed by atoms with Gasteiger partial charge in [-0.1, -0.05) is 17.7 Å². The van der Waals surface area contributed by atoms with Crippen molar-refractivity contribution in [2.24, 2.45) is 5.10 Å². The molecule has 3 amide bonds. The lowest BCUT2D eigenvalue weighted by Gasteiger charge is -2.07. The molecular weight excluding hydrogens is 344 g/mol. The number of amides is 3. The van der Waals surface area contributed by atoms with Crippen molar-refractivity contribution >= 4 is 35.4 Å². The fraction of sp³-hybridized carbons (Fsp3) is 0.118. The van der Waals surface area contributed by atoms with Gasteiger partial charge in [-0.2, -0.15) is 5.10 Å². The minimum Gasteiger partial charge on any atom is -0.497 e. The summed E-state index contributed by atoms with van der Waals surface area (Å²) in [5.74, 6) is 0.280. The first-order valence-electron chi connectivity index (χ1n) is 7.33. The molecule has 0 radical (unpaired) electrons. The lowest BCUT2D eigenvalue weighted by atomic mass is 10.2. The van der Waals surface area contributed by atoms with E-state index in [1.165, 1.54) is 6.21 Å². The van der Waals surface area contributed by atoms with E-state index in [4.69, 9.17) is 16.3 Å². The number of methoxy groups -OCH3 is 1. The van der Waals surface area contributed by atoms with Crippen molar-refractivity contribution in [1.29, 1.82) is 0 Å². The molecule has 0 aromatic heterocycles. The van der Waals surface area contributed by atoms with Crippen LogP contribution in [-0.2, 0) is 4.79 Å². The van der Waals surface area contributed by atoms with E-state index >= 15 is 0 Å². The summed E-state index contributed by atoms with van der Waals surface area (Å²) < 4.78 is 5.05. The highest BCUT2D eigenvalue weighted by molar-refractivity contribution is 6.30. The van der Waals surface area contributed by atoms with E-state index in [1.54, 1.807) is 55.6 Å². The lowest BCUT2D eigenvalue weighted by Crippen LogP contribution is -2.37. The third-order valence-corrected chi connectivity index (χ3v) is 3.25. The number of ether oxygens (including phenoxy) is 1. The standard InChI is InChI=1S/C17H17ClN4O3/c1-25-15-7-5-12(6-8-15)10-20-22-16(23)11-19-17(24)21-14-4-2-3-13(18)9-14/h2-10H,11H2,1H3,(H,22,23)(H2,19,21,24)/b20-10+. The normalized spacial score (nSPS) is 10.3. The Bertz CT molecular complexity index is 763. The fourth-order valence-electron chi connectivity index (χ4n) is 1.81. The second-order valence-electron chi connectivity index (χ2n) is 4.88. The first-order valence-corrected chi connectivity index (χ1v) is 7.71. The molecule has 0 aliphatic carbocycles. The quantitative estimate of drug-likeness (QED) is 0.546. The molecule has 0 saturated carbocycles. The molecule has 25 heavy (non-hydrogen) atoms. The van der Waals surface area contributed by atoms with E-state index in [0.29, 0.717) is 10.7 Å². The van der Waals surface area contributed by atoms with E-state index in [2.05, 4.69) is 21.2 Å². The van der Waals surface area contributed by atoms with Gasteiger partial charge in [-0.25, -0.2) is 10.2 Å². The van der Waals surface area contributed by atoms with Crippen LogP contribution in [-0.4, -0.2) is 31.8 Å². The molecule has 130 valence electrons. The van der Waals surface area contributed by atoms with Crippen LogP contribution < -0.4 is 20.8 Å². The third-order valence-electron chi connectivity index (χ3n) is 3.01. The maximum Gasteiger partial charge on any atom is 0.319 e. The maximum absolute atomic E-state index is 11.7. The van der Waals surface area contributed by atoms with Gasteiger partial charge in [-0.15, -0.1) is 0 Å². The van der Waals surface area contributed by atoms with Gasteiger partial charge in [0.1, 0.15) is 12.3 Å². The minimum absolute atomic E-state index is 0.216. The van der Waals surface area contributed by atoms with E-state index in [0.717, 1.165) is 11.3 Å². The molecule has 8 heteroatoms. The molecule has 2 rings (SSSR count). The summed E-state index contributed by atoms with van der Waals surface area (Å²) in [5, 5.41) is 9.30. The topological polar surface area (TPSA) is 91.8 Å². The summed E-state index contributed by atoms with van der Waals surface area (Å²) in [6, 6.07) is 13.3. The Hall–Kier alpha value is -3.06. The SMILES string of the molecule is COc1ccc(/C=N/NC(=O)CNC(=O)Nc2cccc(Cl)c2)cc1. The van der Waals surface area contributed by atoms with Gasteiger partial charge in [-0.05, 0) is 48.0 Å². The van der Waals surface area contributed by atoms with Crippen LogP contribution >= 0.6 is 11.6 Å². The average molecular weight is 361 g/mol. The molecule has 0 bridgehead atoms. The van der Waals surface area contributed by atoms with Crippen LogP contribution in [0.4, 0.5) is 10.5 Å². The second kappa shape index (κ2) is 9.29. The highest BCUT2D eigenvalue weighted by Gasteiger charge is 2.05. The number of hydrazone groups is 1. The van der Waals surface area contributed by atoms with E-state index in [9.17, 15) is 9.59 Å². The van der Waals surface area contributed by atoms with Gasteiger partial charge in [0.25, 0.3) is 5.91 Å². The van der Waals surface area contributed by atoms with E-state index in [-0.39, 0.29) is 6.54 Å². The largest absolute Gasteiger partial charge is 0.497 e. The molecule has 0 aliphatic heterocycles. The lowest BCUT2D eigenvalue weighted by molar-refractivity contribution is -0.120. The number of nitrogens with zero attached hydrogens (tertiary/aromatic N) is 1. The summed E-state index contributed by atoms with van der Waals surface area (Å²) in [6.45, 7) is -0.216. The number of hydrogen-bond acceptors (Lipinski definition) is 4. The summed E-state index contributed by atoms with van der Waals surface area (Å²) in [5.41, 5.74) is 3.65. The Kier molecular flexibility index (Phi) is 6.79. The number of benzene rings is 2. The van der Waals surface area contributed by atoms with Crippen molar-refractivity contribution in [2.75, 3.05) is 19.0 Å². The van der Waals surface area contributed by atoms with Gasteiger partial charge >= 0.3 is 6.03 Å². The zero-order valence-corrected chi connectivity index (χ0v) is 14.2. The average Bonchev–Trinajstić information content (AvgIpc) is 2.60. The van der Waals surface area contributed by atoms with Crippen LogP contribution in [0.1, 0.15) is 5.56 Å². The molecule has 0 spiro atoms. The Morgan fingerprint density at radius 2 is 1.96 bits per heavy atom. The Morgan fingerprint density at radius 3 is 2.64 bits per heavy atom. The smallest absolute Gasteiger partial charge is 0.319 e. The number of rotatable bonds is 6. The molecule has 2 aromatic carbocycles. The summed E-state index contributed by atoms with van der Waals surface area (Å²) >= 11 is 5.82. The summed E-state index contributed by atoms with van der Waals surface area (Å²) in [4.78, 5) is 23.3. The van der Waals surface area contributed by atoms with Gasteiger partial charge < -0.3 is 15.4 Å². The number of urea groups is 1. The summed E-state index contributed by atoms with van der Waals surface area (Å²) in [7, 11) is 1.58. The van der Waals surface area contributed by atoms with Gasteiger partial charge in [-0.3, -0.25) is 4.79 Å². The van der Waals surface area contributed by atoms with Crippen LogP contribution in [0.15, 0.2) is 53.6 Å². The zero-order valence-electron chi connectivity index (χ0n) is 13.5. The van der Waals surface area contributed by atoms with Crippen molar-refractivity contribution in [3.8, 4) is 5.75 Å².